The molecule has 0 aliphatic heterocycles. The predicted molar refractivity (Wildman–Crippen MR) is 80.0 cm³/mol. The maximum atomic E-state index is 12.8. The maximum Gasteiger partial charge on any atom is 0.417 e. The summed E-state index contributed by atoms with van der Waals surface area (Å²) in [7, 11) is 1.26. The van der Waals surface area contributed by atoms with E-state index in [1.165, 1.54) is 7.05 Å². The number of halogens is 3. The molecule has 1 saturated carbocycles. The van der Waals surface area contributed by atoms with Crippen LogP contribution in [0.2, 0.25) is 0 Å². The molecule has 0 heterocycles. The van der Waals surface area contributed by atoms with Gasteiger partial charge < -0.3 is 20.6 Å². The highest BCUT2D eigenvalue weighted by Gasteiger charge is 2.42. The van der Waals surface area contributed by atoms with Crippen LogP contribution in [0.5, 0.6) is 11.5 Å². The van der Waals surface area contributed by atoms with Gasteiger partial charge in [-0.25, -0.2) is 0 Å². The fourth-order valence-electron chi connectivity index (χ4n) is 1.91. The van der Waals surface area contributed by atoms with Gasteiger partial charge in [-0.3, -0.25) is 19.7 Å². The van der Waals surface area contributed by atoms with Gasteiger partial charge in [0.2, 0.25) is 5.75 Å². The molecule has 144 valence electrons. The molecular formula is C14H15F3N2O7. The molecule has 0 atom stereocenters. The molecule has 0 unspecified atom stereocenters. The van der Waals surface area contributed by atoms with Gasteiger partial charge in [-0.05, 0) is 26.0 Å². The summed E-state index contributed by atoms with van der Waals surface area (Å²) in [6.45, 7) is -0.603. The Kier molecular flexibility index (Phi) is 6.50. The molecule has 0 bridgehead atoms. The Bertz CT molecular complexity index is 730. The lowest BCUT2D eigenvalue weighted by molar-refractivity contribution is -0.386. The highest BCUT2D eigenvalue weighted by atomic mass is 19.4. The van der Waals surface area contributed by atoms with Crippen LogP contribution in [-0.4, -0.2) is 45.6 Å². The number of nitro benzene ring substituents is 1. The average molecular weight is 380 g/mol. The minimum atomic E-state index is -5.10. The molecule has 12 heteroatoms. The van der Waals surface area contributed by atoms with Crippen LogP contribution in [-0.2, 0) is 11.0 Å². The third-order valence-corrected chi connectivity index (χ3v) is 3.28. The molecule has 1 aromatic rings. The molecule has 9 nitrogen and oxygen atoms in total. The molecule has 0 saturated heterocycles. The van der Waals surface area contributed by atoms with Crippen molar-refractivity contribution >= 4 is 17.4 Å². The zero-order valence-corrected chi connectivity index (χ0v) is 13.3. The van der Waals surface area contributed by atoms with E-state index in [0.717, 1.165) is 12.8 Å². The zero-order chi connectivity index (χ0) is 20.2. The summed E-state index contributed by atoms with van der Waals surface area (Å²) in [5.41, 5.74) is -4.45. The molecule has 0 amide bonds. The second kappa shape index (κ2) is 7.99. The fourth-order valence-corrected chi connectivity index (χ4v) is 1.91. The predicted octanol–water partition coefficient (Wildman–Crippen LogP) is 1.91. The molecule has 0 aromatic heterocycles. The molecule has 0 spiro atoms. The van der Waals surface area contributed by atoms with Gasteiger partial charge in [0.05, 0.1) is 22.9 Å². The van der Waals surface area contributed by atoms with E-state index in [4.69, 9.17) is 10.2 Å². The van der Waals surface area contributed by atoms with Gasteiger partial charge in [0.15, 0.2) is 11.5 Å². The van der Waals surface area contributed by atoms with Crippen LogP contribution in [0.25, 0.3) is 0 Å². The van der Waals surface area contributed by atoms with Crippen molar-refractivity contribution in [3.8, 4) is 11.5 Å². The van der Waals surface area contributed by atoms with Crippen molar-refractivity contribution in [3.05, 3.63) is 27.3 Å². The monoisotopic (exact) mass is 380 g/mol. The Morgan fingerprint density at radius 1 is 1.35 bits per heavy atom. The molecule has 1 aliphatic rings. The Hall–Kier alpha value is -2.89. The topological polar surface area (TPSA) is 150 Å². The first-order valence-electron chi connectivity index (χ1n) is 7.12. The molecule has 1 fully saturated rings. The number of carboxylic acid groups (broad SMARTS) is 1. The molecule has 26 heavy (non-hydrogen) atoms. The largest absolute Gasteiger partial charge is 0.504 e. The number of carboxylic acids is 1. The summed E-state index contributed by atoms with van der Waals surface area (Å²) in [4.78, 5) is 30.8. The summed E-state index contributed by atoms with van der Waals surface area (Å²) >= 11 is 0. The summed E-state index contributed by atoms with van der Waals surface area (Å²) in [5.74, 6) is -4.56. The number of rotatable bonds is 5. The molecule has 1 aliphatic carbocycles. The lowest BCUT2D eigenvalue weighted by Crippen LogP contribution is -2.23. The molecular weight excluding hydrogens is 365 g/mol. The Morgan fingerprint density at radius 3 is 2.19 bits per heavy atom. The van der Waals surface area contributed by atoms with Gasteiger partial charge >= 0.3 is 17.8 Å². The number of carbonyl (C=O) groups excluding carboxylic acids is 1. The van der Waals surface area contributed by atoms with E-state index >= 15 is 0 Å². The van der Waals surface area contributed by atoms with Crippen molar-refractivity contribution in [1.29, 1.82) is 0 Å². The van der Waals surface area contributed by atoms with E-state index in [9.17, 15) is 38.0 Å². The first-order chi connectivity index (χ1) is 11.9. The number of phenols is 2. The summed E-state index contributed by atoms with van der Waals surface area (Å²) in [6, 6.07) is 0.0746. The Labute approximate surface area is 144 Å². The number of carbonyl (C=O) groups is 2. The van der Waals surface area contributed by atoms with E-state index in [-0.39, 0.29) is 12.0 Å². The van der Waals surface area contributed by atoms with Crippen LogP contribution >= 0.6 is 0 Å². The van der Waals surface area contributed by atoms with E-state index in [2.05, 4.69) is 5.32 Å². The first kappa shape index (κ1) is 21.2. The van der Waals surface area contributed by atoms with Crippen molar-refractivity contribution in [1.82, 2.24) is 5.32 Å². The number of nitrogens with one attached hydrogen (secondary N) is 1. The number of benzene rings is 1. The van der Waals surface area contributed by atoms with Gasteiger partial charge in [0.1, 0.15) is 5.56 Å². The standard InChI is InChI=1S/C10H9F3N2O5.C4H6O2/c1-14-3-6(17)7-4(10(11,12)13)2-5(16)9(18)8(7)15(19)20;5-4(6)3-1-2-3/h2,14,16,18H,3H2,1H3;3H,1-2H2,(H,5,6). The minimum absolute atomic E-state index is 0.0185. The van der Waals surface area contributed by atoms with Crippen molar-refractivity contribution < 1.29 is 43.0 Å². The summed E-state index contributed by atoms with van der Waals surface area (Å²) < 4.78 is 38.4. The number of phenolic OH excluding ortho intramolecular Hbond substituents is 2. The van der Waals surface area contributed by atoms with Gasteiger partial charge in [-0.15, -0.1) is 0 Å². The Balaban J connectivity index is 0.000000472. The third-order valence-electron chi connectivity index (χ3n) is 3.28. The quantitative estimate of drug-likeness (QED) is 0.262. The van der Waals surface area contributed by atoms with E-state index in [1.807, 2.05) is 0 Å². The van der Waals surface area contributed by atoms with Crippen molar-refractivity contribution in [2.75, 3.05) is 13.6 Å². The van der Waals surface area contributed by atoms with E-state index in [1.54, 1.807) is 0 Å². The van der Waals surface area contributed by atoms with Gasteiger partial charge in [0.25, 0.3) is 0 Å². The zero-order valence-electron chi connectivity index (χ0n) is 13.3. The highest BCUT2D eigenvalue weighted by Crippen LogP contribution is 2.45. The fraction of sp³-hybridized carbons (Fsp3) is 0.429. The number of nitrogens with zero attached hydrogens (tertiary/aromatic N) is 1. The van der Waals surface area contributed by atoms with Crippen molar-refractivity contribution in [2.45, 2.75) is 19.0 Å². The summed E-state index contributed by atoms with van der Waals surface area (Å²) in [6.07, 6.45) is -3.31. The Morgan fingerprint density at radius 2 is 1.88 bits per heavy atom. The number of nitro groups is 1. The third kappa shape index (κ3) is 5.05. The van der Waals surface area contributed by atoms with Crippen LogP contribution in [0.3, 0.4) is 0 Å². The van der Waals surface area contributed by atoms with Gasteiger partial charge in [-0.1, -0.05) is 0 Å². The number of aromatic hydroxyl groups is 2. The number of likely N-dealkylation sites (N-methyl/N-ethyl adjacent to an activating group) is 1. The van der Waals surface area contributed by atoms with E-state index < -0.39 is 57.7 Å². The van der Waals surface area contributed by atoms with Crippen molar-refractivity contribution in [2.24, 2.45) is 5.92 Å². The smallest absolute Gasteiger partial charge is 0.417 e. The molecule has 0 radical (unpaired) electrons. The maximum absolute atomic E-state index is 12.8. The van der Waals surface area contributed by atoms with Crippen LogP contribution in [0.4, 0.5) is 18.9 Å². The number of alkyl halides is 3. The summed E-state index contributed by atoms with van der Waals surface area (Å²) in [5, 5.41) is 39.6. The highest BCUT2D eigenvalue weighted by molar-refractivity contribution is 6.04. The van der Waals surface area contributed by atoms with Crippen LogP contribution < -0.4 is 5.32 Å². The number of aliphatic carboxylic acids is 1. The van der Waals surface area contributed by atoms with Crippen LogP contribution in [0, 0.1) is 16.0 Å². The normalized spacial score (nSPS) is 13.5. The minimum Gasteiger partial charge on any atom is -0.504 e. The van der Waals surface area contributed by atoms with Crippen LogP contribution in [0.1, 0.15) is 28.8 Å². The van der Waals surface area contributed by atoms with E-state index in [0.29, 0.717) is 0 Å². The van der Waals surface area contributed by atoms with Gasteiger partial charge in [0, 0.05) is 0 Å². The molecule has 2 rings (SSSR count). The number of Topliss-reactive ketones (excluding diaryl/α,β-unsaturated/α-hetero) is 1. The molecule has 1 aromatic carbocycles. The van der Waals surface area contributed by atoms with Crippen molar-refractivity contribution in [3.63, 3.8) is 0 Å². The lowest BCUT2D eigenvalue weighted by atomic mass is 9.99. The first-order valence-corrected chi connectivity index (χ1v) is 7.12. The average Bonchev–Trinajstić information content (AvgIpc) is 3.33. The second-order valence-corrected chi connectivity index (χ2v) is 5.34. The second-order valence-electron chi connectivity index (χ2n) is 5.34. The SMILES string of the molecule is CNCC(=O)c1c(C(F)(F)F)cc(O)c(O)c1[N+](=O)[O-].O=C(O)C1CC1. The van der Waals surface area contributed by atoms with Gasteiger partial charge in [-0.2, -0.15) is 13.2 Å². The number of hydrogen-bond donors (Lipinski definition) is 4. The molecule has 4 N–H and O–H groups in total. The lowest BCUT2D eigenvalue weighted by Gasteiger charge is -2.14. The number of hydrogen-bond acceptors (Lipinski definition) is 7. The van der Waals surface area contributed by atoms with Crippen LogP contribution in [0.15, 0.2) is 6.07 Å². The number of ketones is 1.